The second-order valence-corrected chi connectivity index (χ2v) is 3.60. The van der Waals surface area contributed by atoms with Crippen molar-refractivity contribution in [2.45, 2.75) is 24.6 Å². The molecule has 1 unspecified atom stereocenters. The van der Waals surface area contributed by atoms with Crippen LogP contribution in [0.1, 0.15) is 19.3 Å². The third-order valence-corrected chi connectivity index (χ3v) is 2.98. The Bertz CT molecular complexity index is 88.9. The molecule has 1 fully saturated rings. The Balaban J connectivity index is 2.23. The molecule has 1 saturated carbocycles. The minimum absolute atomic E-state index is 0.499. The molecular formula is C7H15NS. The highest BCUT2D eigenvalue weighted by atomic mass is 32.1. The second-order valence-electron chi connectivity index (χ2n) is 3.07. The van der Waals surface area contributed by atoms with Gasteiger partial charge in [-0.3, -0.25) is 4.90 Å². The third-order valence-electron chi connectivity index (χ3n) is 2.10. The van der Waals surface area contributed by atoms with Gasteiger partial charge >= 0.3 is 0 Å². The van der Waals surface area contributed by atoms with Crippen molar-refractivity contribution in [3.63, 3.8) is 0 Å². The van der Waals surface area contributed by atoms with Crippen molar-refractivity contribution in [1.82, 2.24) is 4.90 Å². The zero-order valence-corrected chi connectivity index (χ0v) is 7.06. The Labute approximate surface area is 62.8 Å². The van der Waals surface area contributed by atoms with Crippen LogP contribution in [0.4, 0.5) is 0 Å². The Morgan fingerprint density at radius 3 is 2.11 bits per heavy atom. The first-order valence-corrected chi connectivity index (χ1v) is 4.08. The molecule has 1 nitrogen and oxygen atoms in total. The van der Waals surface area contributed by atoms with Crippen LogP contribution in [0.15, 0.2) is 0 Å². The molecular weight excluding hydrogens is 130 g/mol. The van der Waals surface area contributed by atoms with Crippen LogP contribution in [0, 0.1) is 5.92 Å². The zero-order chi connectivity index (χ0) is 6.85. The number of hydrogen-bond donors (Lipinski definition) is 1. The van der Waals surface area contributed by atoms with E-state index >= 15 is 0 Å². The van der Waals surface area contributed by atoms with E-state index in [1.807, 2.05) is 0 Å². The highest BCUT2D eigenvalue weighted by molar-refractivity contribution is 7.80. The molecule has 0 heterocycles. The lowest BCUT2D eigenvalue weighted by atomic mass is 9.85. The van der Waals surface area contributed by atoms with Crippen molar-refractivity contribution in [3.8, 4) is 0 Å². The summed E-state index contributed by atoms with van der Waals surface area (Å²) in [4.78, 5) is 2.19. The molecule has 0 amide bonds. The van der Waals surface area contributed by atoms with Gasteiger partial charge in [0.15, 0.2) is 0 Å². The van der Waals surface area contributed by atoms with Crippen molar-refractivity contribution in [1.29, 1.82) is 0 Å². The smallest absolute Gasteiger partial charge is 0.0551 e. The Morgan fingerprint density at radius 1 is 1.44 bits per heavy atom. The van der Waals surface area contributed by atoms with Crippen LogP contribution in [0.3, 0.4) is 0 Å². The first-order chi connectivity index (χ1) is 4.22. The summed E-state index contributed by atoms with van der Waals surface area (Å²) < 4.78 is 0. The van der Waals surface area contributed by atoms with Gasteiger partial charge in [-0.2, -0.15) is 12.6 Å². The van der Waals surface area contributed by atoms with Crippen LogP contribution in [0.25, 0.3) is 0 Å². The summed E-state index contributed by atoms with van der Waals surface area (Å²) >= 11 is 4.48. The predicted octanol–water partition coefficient (Wildman–Crippen LogP) is 1.60. The Hall–Kier alpha value is 0.310. The second kappa shape index (κ2) is 2.93. The molecule has 1 aliphatic carbocycles. The fourth-order valence-corrected chi connectivity index (χ4v) is 1.46. The van der Waals surface area contributed by atoms with Gasteiger partial charge in [-0.25, -0.2) is 0 Å². The molecule has 1 aliphatic rings. The molecule has 0 aliphatic heterocycles. The molecule has 0 N–H and O–H groups in total. The van der Waals surface area contributed by atoms with Gasteiger partial charge in [-0.1, -0.05) is 6.42 Å². The maximum atomic E-state index is 4.48. The lowest BCUT2D eigenvalue weighted by molar-refractivity contribution is 0.207. The van der Waals surface area contributed by atoms with Crippen LogP contribution in [-0.2, 0) is 0 Å². The maximum absolute atomic E-state index is 4.48. The molecule has 54 valence electrons. The van der Waals surface area contributed by atoms with Gasteiger partial charge in [0.05, 0.1) is 5.37 Å². The van der Waals surface area contributed by atoms with Crippen LogP contribution in [0.5, 0.6) is 0 Å². The first-order valence-electron chi connectivity index (χ1n) is 3.56. The molecule has 9 heavy (non-hydrogen) atoms. The molecule has 0 aromatic carbocycles. The summed E-state index contributed by atoms with van der Waals surface area (Å²) in [5.74, 6) is 0.864. The molecule has 0 aromatic rings. The van der Waals surface area contributed by atoms with Crippen LogP contribution < -0.4 is 0 Å². The minimum Gasteiger partial charge on any atom is -0.298 e. The summed E-state index contributed by atoms with van der Waals surface area (Å²) in [5, 5.41) is 0.499. The molecule has 0 aromatic heterocycles. The monoisotopic (exact) mass is 145 g/mol. The van der Waals surface area contributed by atoms with E-state index in [1.54, 1.807) is 0 Å². The SMILES string of the molecule is CN(C)C(S)C1CCC1. The van der Waals surface area contributed by atoms with Crippen molar-refractivity contribution in [2.75, 3.05) is 14.1 Å². The fourth-order valence-electron chi connectivity index (χ4n) is 1.16. The molecule has 0 bridgehead atoms. The fraction of sp³-hybridized carbons (Fsp3) is 1.00. The lowest BCUT2D eigenvalue weighted by Gasteiger charge is -2.34. The molecule has 0 spiro atoms. The highest BCUT2D eigenvalue weighted by Gasteiger charge is 2.25. The van der Waals surface area contributed by atoms with Gasteiger partial charge in [0, 0.05) is 0 Å². The maximum Gasteiger partial charge on any atom is 0.0551 e. The standard InChI is InChI=1S/C7H15NS/c1-8(2)7(9)6-4-3-5-6/h6-7,9H,3-5H2,1-2H3. The van der Waals surface area contributed by atoms with Crippen LogP contribution in [0.2, 0.25) is 0 Å². The average molecular weight is 145 g/mol. The third kappa shape index (κ3) is 1.62. The molecule has 1 atom stereocenters. The quantitative estimate of drug-likeness (QED) is 0.456. The van der Waals surface area contributed by atoms with Crippen molar-refractivity contribution in [2.24, 2.45) is 5.92 Å². The van der Waals surface area contributed by atoms with Crippen molar-refractivity contribution in [3.05, 3.63) is 0 Å². The van der Waals surface area contributed by atoms with Crippen LogP contribution in [-0.4, -0.2) is 24.4 Å². The summed E-state index contributed by atoms with van der Waals surface area (Å²) in [6, 6.07) is 0. The molecule has 2 heteroatoms. The van der Waals surface area contributed by atoms with E-state index in [4.69, 9.17) is 0 Å². The van der Waals surface area contributed by atoms with Gasteiger partial charge in [0.2, 0.25) is 0 Å². The van der Waals surface area contributed by atoms with E-state index in [0.29, 0.717) is 5.37 Å². The van der Waals surface area contributed by atoms with E-state index in [2.05, 4.69) is 31.6 Å². The van der Waals surface area contributed by atoms with E-state index < -0.39 is 0 Å². The van der Waals surface area contributed by atoms with E-state index in [0.717, 1.165) is 5.92 Å². The van der Waals surface area contributed by atoms with Crippen molar-refractivity contribution >= 4 is 12.6 Å². The van der Waals surface area contributed by atoms with E-state index in [-0.39, 0.29) is 0 Å². The molecule has 0 radical (unpaired) electrons. The summed E-state index contributed by atoms with van der Waals surface area (Å²) in [5.41, 5.74) is 0. The number of hydrogen-bond acceptors (Lipinski definition) is 2. The summed E-state index contributed by atoms with van der Waals surface area (Å²) in [7, 11) is 4.19. The summed E-state index contributed by atoms with van der Waals surface area (Å²) in [6.07, 6.45) is 4.17. The van der Waals surface area contributed by atoms with E-state index in [9.17, 15) is 0 Å². The number of nitrogens with zero attached hydrogens (tertiary/aromatic N) is 1. The van der Waals surface area contributed by atoms with Crippen LogP contribution >= 0.6 is 12.6 Å². The highest BCUT2D eigenvalue weighted by Crippen LogP contribution is 2.32. The van der Waals surface area contributed by atoms with Gasteiger partial charge in [0.1, 0.15) is 0 Å². The van der Waals surface area contributed by atoms with Gasteiger partial charge in [-0.05, 0) is 32.9 Å². The number of thiol groups is 1. The first kappa shape index (κ1) is 7.42. The van der Waals surface area contributed by atoms with Crippen molar-refractivity contribution < 1.29 is 0 Å². The summed E-state index contributed by atoms with van der Waals surface area (Å²) in [6.45, 7) is 0. The van der Waals surface area contributed by atoms with Gasteiger partial charge < -0.3 is 0 Å². The Kier molecular flexibility index (Phi) is 2.42. The largest absolute Gasteiger partial charge is 0.298 e. The molecule has 0 saturated heterocycles. The van der Waals surface area contributed by atoms with Gasteiger partial charge in [-0.15, -0.1) is 0 Å². The lowest BCUT2D eigenvalue weighted by Crippen LogP contribution is -2.34. The average Bonchev–Trinajstić information content (AvgIpc) is 1.60. The van der Waals surface area contributed by atoms with Gasteiger partial charge in [0.25, 0.3) is 0 Å². The Morgan fingerprint density at radius 2 is 2.00 bits per heavy atom. The predicted molar refractivity (Wildman–Crippen MR) is 43.8 cm³/mol. The zero-order valence-electron chi connectivity index (χ0n) is 6.17. The minimum atomic E-state index is 0.499. The van der Waals surface area contributed by atoms with E-state index in [1.165, 1.54) is 19.3 Å². The number of rotatable bonds is 2. The topological polar surface area (TPSA) is 3.24 Å². The normalized spacial score (nSPS) is 24.0. The molecule has 1 rings (SSSR count).